The van der Waals surface area contributed by atoms with Gasteiger partial charge >= 0.3 is 0 Å². The molecule has 90 valence electrons. The first kappa shape index (κ1) is 13.1. The van der Waals surface area contributed by atoms with Gasteiger partial charge in [-0.15, -0.1) is 0 Å². The van der Waals surface area contributed by atoms with E-state index in [-0.39, 0.29) is 12.3 Å². The summed E-state index contributed by atoms with van der Waals surface area (Å²) in [6, 6.07) is 4.97. The summed E-state index contributed by atoms with van der Waals surface area (Å²) in [5.41, 5.74) is 0.560. The zero-order chi connectivity index (χ0) is 12.2. The van der Waals surface area contributed by atoms with Crippen molar-refractivity contribution in [3.63, 3.8) is 0 Å². The lowest BCUT2D eigenvalue weighted by molar-refractivity contribution is 0.415. The Labute approximate surface area is 99.1 Å². The summed E-state index contributed by atoms with van der Waals surface area (Å²) in [6.45, 7) is 0.0751. The zero-order valence-corrected chi connectivity index (χ0v) is 10.2. The molecular formula is C9H12ClNO4S. The molecule has 0 amide bonds. The summed E-state index contributed by atoms with van der Waals surface area (Å²) < 4.78 is 34.5. The normalized spacial score (nSPS) is 11.2. The highest BCUT2D eigenvalue weighted by atomic mass is 35.5. The van der Waals surface area contributed by atoms with Gasteiger partial charge in [0.25, 0.3) is 10.1 Å². The van der Waals surface area contributed by atoms with Crippen LogP contribution in [0.15, 0.2) is 18.2 Å². The van der Waals surface area contributed by atoms with Gasteiger partial charge < -0.3 is 10.1 Å². The van der Waals surface area contributed by atoms with Gasteiger partial charge in [-0.3, -0.25) is 4.55 Å². The quantitative estimate of drug-likeness (QED) is 0.792. The Hall–Kier alpha value is -0.980. The van der Waals surface area contributed by atoms with Crippen LogP contribution in [0.2, 0.25) is 5.02 Å². The second-order valence-electron chi connectivity index (χ2n) is 3.06. The molecule has 0 heterocycles. The Morgan fingerprint density at radius 2 is 2.19 bits per heavy atom. The number of rotatable bonds is 5. The van der Waals surface area contributed by atoms with Crippen LogP contribution in [0.25, 0.3) is 0 Å². The lowest BCUT2D eigenvalue weighted by Gasteiger charge is -2.09. The maximum atomic E-state index is 10.5. The second kappa shape index (κ2) is 5.38. The third-order valence-corrected chi connectivity index (χ3v) is 2.90. The molecule has 0 aliphatic rings. The highest BCUT2D eigenvalue weighted by Crippen LogP contribution is 2.26. The Morgan fingerprint density at radius 1 is 1.50 bits per heavy atom. The lowest BCUT2D eigenvalue weighted by atomic mass is 10.3. The van der Waals surface area contributed by atoms with E-state index >= 15 is 0 Å². The van der Waals surface area contributed by atoms with Crippen LogP contribution in [0.4, 0.5) is 5.69 Å². The van der Waals surface area contributed by atoms with Crippen molar-refractivity contribution < 1.29 is 17.7 Å². The highest BCUT2D eigenvalue weighted by Gasteiger charge is 2.06. The van der Waals surface area contributed by atoms with Crippen molar-refractivity contribution in [2.45, 2.75) is 0 Å². The fourth-order valence-corrected chi connectivity index (χ4v) is 1.63. The number of nitrogens with one attached hydrogen (secondary N) is 1. The molecule has 0 radical (unpaired) electrons. The van der Waals surface area contributed by atoms with Gasteiger partial charge in [-0.25, -0.2) is 0 Å². The maximum Gasteiger partial charge on any atom is 0.266 e. The number of hydrogen-bond acceptors (Lipinski definition) is 4. The van der Waals surface area contributed by atoms with E-state index in [0.29, 0.717) is 16.5 Å². The van der Waals surface area contributed by atoms with Crippen molar-refractivity contribution in [3.05, 3.63) is 23.2 Å². The molecule has 0 atom stereocenters. The number of anilines is 1. The van der Waals surface area contributed by atoms with Gasteiger partial charge in [0.2, 0.25) is 0 Å². The molecule has 16 heavy (non-hydrogen) atoms. The minimum atomic E-state index is -3.96. The van der Waals surface area contributed by atoms with E-state index in [1.807, 2.05) is 0 Å². The SMILES string of the molecule is COc1ccc(Cl)c(NCCS(=O)(=O)O)c1. The van der Waals surface area contributed by atoms with Crippen LogP contribution in [-0.4, -0.2) is 32.4 Å². The van der Waals surface area contributed by atoms with Gasteiger partial charge in [-0.1, -0.05) is 11.6 Å². The van der Waals surface area contributed by atoms with Gasteiger partial charge in [0.05, 0.1) is 23.6 Å². The van der Waals surface area contributed by atoms with Crippen molar-refractivity contribution in [1.29, 1.82) is 0 Å². The highest BCUT2D eigenvalue weighted by molar-refractivity contribution is 7.85. The summed E-state index contributed by atoms with van der Waals surface area (Å²) >= 11 is 5.87. The molecule has 2 N–H and O–H groups in total. The molecule has 7 heteroatoms. The Balaban J connectivity index is 2.66. The molecule has 0 aliphatic heterocycles. The average molecular weight is 266 g/mol. The van der Waals surface area contributed by atoms with Crippen molar-refractivity contribution in [2.24, 2.45) is 0 Å². The second-order valence-corrected chi connectivity index (χ2v) is 5.04. The van der Waals surface area contributed by atoms with E-state index in [9.17, 15) is 8.42 Å². The number of benzene rings is 1. The first-order valence-electron chi connectivity index (χ1n) is 4.45. The molecule has 0 unspecified atom stereocenters. The van der Waals surface area contributed by atoms with E-state index in [1.54, 1.807) is 18.2 Å². The van der Waals surface area contributed by atoms with Crippen LogP contribution in [0.5, 0.6) is 5.75 Å². The van der Waals surface area contributed by atoms with Crippen molar-refractivity contribution >= 4 is 27.4 Å². The molecule has 0 fully saturated rings. The van der Waals surface area contributed by atoms with Crippen molar-refractivity contribution in [2.75, 3.05) is 24.7 Å². The number of ether oxygens (including phenoxy) is 1. The Bertz CT molecular complexity index is 461. The van der Waals surface area contributed by atoms with Crippen molar-refractivity contribution in [3.8, 4) is 5.75 Å². The molecule has 0 saturated heterocycles. The lowest BCUT2D eigenvalue weighted by Crippen LogP contribution is -2.14. The number of halogens is 1. The molecule has 0 bridgehead atoms. The maximum absolute atomic E-state index is 10.5. The predicted molar refractivity (Wildman–Crippen MR) is 62.9 cm³/mol. The average Bonchev–Trinajstić information content (AvgIpc) is 2.19. The standard InChI is InChI=1S/C9H12ClNO4S/c1-15-7-2-3-8(10)9(6-7)11-4-5-16(12,13)14/h2-3,6,11H,4-5H2,1H3,(H,12,13,14). The summed E-state index contributed by atoms with van der Waals surface area (Å²) in [4.78, 5) is 0. The first-order valence-corrected chi connectivity index (χ1v) is 6.43. The summed E-state index contributed by atoms with van der Waals surface area (Å²) in [6.07, 6.45) is 0. The molecule has 5 nitrogen and oxygen atoms in total. The number of methoxy groups -OCH3 is 1. The van der Waals surface area contributed by atoms with Crippen molar-refractivity contribution in [1.82, 2.24) is 0 Å². The molecule has 0 saturated carbocycles. The monoisotopic (exact) mass is 265 g/mol. The predicted octanol–water partition coefficient (Wildman–Crippen LogP) is 1.65. The van der Waals surface area contributed by atoms with Gasteiger partial charge in [-0.2, -0.15) is 8.42 Å². The first-order chi connectivity index (χ1) is 7.42. The minimum Gasteiger partial charge on any atom is -0.497 e. The molecular weight excluding hydrogens is 254 g/mol. The third-order valence-electron chi connectivity index (χ3n) is 1.85. The van der Waals surface area contributed by atoms with E-state index in [4.69, 9.17) is 20.9 Å². The molecule has 0 aromatic heterocycles. The van der Waals surface area contributed by atoms with E-state index in [2.05, 4.69) is 5.32 Å². The van der Waals surface area contributed by atoms with Crippen LogP contribution in [0.3, 0.4) is 0 Å². The van der Waals surface area contributed by atoms with Crippen LogP contribution in [0, 0.1) is 0 Å². The van der Waals surface area contributed by atoms with Crippen LogP contribution in [0.1, 0.15) is 0 Å². The van der Waals surface area contributed by atoms with E-state index in [1.165, 1.54) is 7.11 Å². The van der Waals surface area contributed by atoms with E-state index in [0.717, 1.165) is 0 Å². The fraction of sp³-hybridized carbons (Fsp3) is 0.333. The van der Waals surface area contributed by atoms with Gasteiger partial charge in [0.15, 0.2) is 0 Å². The van der Waals surface area contributed by atoms with Gasteiger partial charge in [-0.05, 0) is 12.1 Å². The summed E-state index contributed by atoms with van der Waals surface area (Å²) in [7, 11) is -2.44. The Morgan fingerprint density at radius 3 is 2.75 bits per heavy atom. The summed E-state index contributed by atoms with van der Waals surface area (Å²) in [5.74, 6) is 0.235. The van der Waals surface area contributed by atoms with Crippen LogP contribution < -0.4 is 10.1 Å². The van der Waals surface area contributed by atoms with Gasteiger partial charge in [0.1, 0.15) is 5.75 Å². The van der Waals surface area contributed by atoms with Gasteiger partial charge in [0, 0.05) is 12.6 Å². The molecule has 1 aromatic rings. The molecule has 1 aromatic carbocycles. The van der Waals surface area contributed by atoms with E-state index < -0.39 is 10.1 Å². The summed E-state index contributed by atoms with van der Waals surface area (Å²) in [5, 5.41) is 3.25. The molecule has 0 spiro atoms. The third kappa shape index (κ3) is 4.26. The zero-order valence-electron chi connectivity index (χ0n) is 8.60. The Kier molecular flexibility index (Phi) is 4.40. The molecule has 0 aliphatic carbocycles. The molecule has 1 rings (SSSR count). The largest absolute Gasteiger partial charge is 0.497 e. The number of hydrogen-bond donors (Lipinski definition) is 2. The smallest absolute Gasteiger partial charge is 0.266 e. The van der Waals surface area contributed by atoms with Crippen LogP contribution in [-0.2, 0) is 10.1 Å². The topological polar surface area (TPSA) is 75.6 Å². The minimum absolute atomic E-state index is 0.0751. The van der Waals surface area contributed by atoms with Crippen LogP contribution >= 0.6 is 11.6 Å². The fourth-order valence-electron chi connectivity index (χ4n) is 1.08.